The Balaban J connectivity index is 1.94. The van der Waals surface area contributed by atoms with E-state index in [2.05, 4.69) is 4.98 Å². The molecule has 5 nitrogen and oxygen atoms in total. The lowest BCUT2D eigenvalue weighted by Gasteiger charge is -2.43. The highest BCUT2D eigenvalue weighted by Crippen LogP contribution is 2.37. The number of halogens is 1. The molecule has 0 spiro atoms. The second kappa shape index (κ2) is 6.57. The second-order valence-corrected chi connectivity index (χ2v) is 6.88. The van der Waals surface area contributed by atoms with Crippen molar-refractivity contribution < 1.29 is 15.0 Å². The molecule has 2 atom stereocenters. The predicted molar refractivity (Wildman–Crippen MR) is 94.6 cm³/mol. The van der Waals surface area contributed by atoms with Gasteiger partial charge in [-0.3, -0.25) is 4.79 Å². The van der Waals surface area contributed by atoms with E-state index in [0.29, 0.717) is 30.8 Å². The summed E-state index contributed by atoms with van der Waals surface area (Å²) in [6.07, 6.45) is 0.752. The quantitative estimate of drug-likeness (QED) is 0.886. The van der Waals surface area contributed by atoms with Gasteiger partial charge in [0, 0.05) is 23.5 Å². The highest BCUT2D eigenvalue weighted by Gasteiger charge is 2.48. The number of aliphatic hydroxyl groups excluding tert-OH is 1. The number of hydrogen-bond donors (Lipinski definition) is 2. The number of benzene rings is 1. The van der Waals surface area contributed by atoms with Crippen LogP contribution in [0.15, 0.2) is 30.3 Å². The third-order valence-electron chi connectivity index (χ3n) is 4.87. The Labute approximate surface area is 145 Å². The van der Waals surface area contributed by atoms with Gasteiger partial charge in [-0.15, -0.1) is 0 Å². The lowest BCUT2D eigenvalue weighted by molar-refractivity contribution is -0.158. The molecule has 0 amide bonds. The van der Waals surface area contributed by atoms with Crippen LogP contribution in [0.4, 0.5) is 5.82 Å². The van der Waals surface area contributed by atoms with Crippen LogP contribution in [0.1, 0.15) is 26.2 Å². The number of rotatable bonds is 4. The fourth-order valence-electron chi connectivity index (χ4n) is 3.55. The van der Waals surface area contributed by atoms with E-state index in [0.717, 1.165) is 16.7 Å². The summed E-state index contributed by atoms with van der Waals surface area (Å²) in [6.45, 7) is 2.80. The number of fused-ring (bicyclic) bond motifs is 1. The van der Waals surface area contributed by atoms with Crippen LogP contribution in [0, 0.1) is 5.41 Å². The minimum Gasteiger partial charge on any atom is -0.481 e. The van der Waals surface area contributed by atoms with Gasteiger partial charge in [-0.1, -0.05) is 24.9 Å². The Bertz CT molecular complexity index is 767. The normalized spacial score (nSPS) is 24.3. The van der Waals surface area contributed by atoms with Crippen LogP contribution in [0.3, 0.4) is 0 Å². The molecule has 1 saturated heterocycles. The van der Waals surface area contributed by atoms with E-state index in [9.17, 15) is 15.0 Å². The van der Waals surface area contributed by atoms with Gasteiger partial charge < -0.3 is 15.1 Å². The average Bonchev–Trinajstić information content (AvgIpc) is 2.56. The van der Waals surface area contributed by atoms with Crippen molar-refractivity contribution >= 4 is 34.3 Å². The van der Waals surface area contributed by atoms with E-state index in [1.54, 1.807) is 6.07 Å². The van der Waals surface area contributed by atoms with Crippen molar-refractivity contribution in [2.75, 3.05) is 18.0 Å². The summed E-state index contributed by atoms with van der Waals surface area (Å²) in [6, 6.07) is 9.33. The molecule has 24 heavy (non-hydrogen) atoms. The van der Waals surface area contributed by atoms with Crippen molar-refractivity contribution in [1.82, 2.24) is 4.98 Å². The molecule has 1 aliphatic rings. The highest BCUT2D eigenvalue weighted by atomic mass is 35.5. The van der Waals surface area contributed by atoms with Crippen LogP contribution in [0.25, 0.3) is 10.9 Å². The van der Waals surface area contributed by atoms with Crippen LogP contribution in [0.2, 0.25) is 5.02 Å². The van der Waals surface area contributed by atoms with E-state index in [1.165, 1.54) is 0 Å². The topological polar surface area (TPSA) is 73.7 Å². The molecule has 1 aromatic heterocycles. The third-order valence-corrected chi connectivity index (χ3v) is 5.10. The zero-order valence-corrected chi connectivity index (χ0v) is 14.3. The largest absolute Gasteiger partial charge is 0.481 e. The summed E-state index contributed by atoms with van der Waals surface area (Å²) >= 11 is 6.00. The first-order valence-electron chi connectivity index (χ1n) is 8.19. The number of nitrogens with zero attached hydrogens (tertiary/aromatic N) is 2. The van der Waals surface area contributed by atoms with Gasteiger partial charge in [0.25, 0.3) is 0 Å². The minimum atomic E-state index is -1.14. The number of anilines is 1. The van der Waals surface area contributed by atoms with Crippen molar-refractivity contribution in [1.29, 1.82) is 0 Å². The number of aliphatic hydroxyl groups is 1. The van der Waals surface area contributed by atoms with Gasteiger partial charge in [0.05, 0.1) is 11.6 Å². The van der Waals surface area contributed by atoms with Crippen LogP contribution in [-0.2, 0) is 4.79 Å². The van der Waals surface area contributed by atoms with E-state index in [-0.39, 0.29) is 6.54 Å². The number of aliphatic carboxylic acids is 1. The third kappa shape index (κ3) is 2.94. The van der Waals surface area contributed by atoms with Gasteiger partial charge in [-0.05, 0) is 43.2 Å². The van der Waals surface area contributed by atoms with Gasteiger partial charge in [-0.2, -0.15) is 0 Å². The maximum absolute atomic E-state index is 11.9. The van der Waals surface area contributed by atoms with Gasteiger partial charge in [0.15, 0.2) is 0 Å². The summed E-state index contributed by atoms with van der Waals surface area (Å²) < 4.78 is 0. The Kier molecular flexibility index (Phi) is 4.65. The van der Waals surface area contributed by atoms with Crippen LogP contribution in [0.5, 0.6) is 0 Å². The van der Waals surface area contributed by atoms with Gasteiger partial charge in [0.2, 0.25) is 0 Å². The summed E-state index contributed by atoms with van der Waals surface area (Å²) in [5.41, 5.74) is -0.316. The molecule has 0 bridgehead atoms. The Hall–Kier alpha value is -1.85. The fourth-order valence-corrected chi connectivity index (χ4v) is 3.73. The molecule has 6 heteroatoms. The zero-order valence-electron chi connectivity index (χ0n) is 13.6. The molecule has 2 N–H and O–H groups in total. The van der Waals surface area contributed by atoms with Crippen molar-refractivity contribution in [2.24, 2.45) is 5.41 Å². The first kappa shape index (κ1) is 17.0. The number of aromatic nitrogens is 1. The average molecular weight is 349 g/mol. The first-order valence-corrected chi connectivity index (χ1v) is 8.57. The summed E-state index contributed by atoms with van der Waals surface area (Å²) in [5, 5.41) is 21.7. The zero-order chi connectivity index (χ0) is 17.3. The molecule has 1 aliphatic heterocycles. The maximum Gasteiger partial charge on any atom is 0.314 e. The molecule has 2 heterocycles. The number of hydrogen-bond acceptors (Lipinski definition) is 4. The molecule has 2 aromatic rings. The van der Waals surface area contributed by atoms with Crippen LogP contribution < -0.4 is 4.90 Å². The van der Waals surface area contributed by atoms with Gasteiger partial charge >= 0.3 is 5.97 Å². The van der Waals surface area contributed by atoms with E-state index in [4.69, 9.17) is 11.6 Å². The van der Waals surface area contributed by atoms with Crippen LogP contribution >= 0.6 is 11.6 Å². The van der Waals surface area contributed by atoms with Gasteiger partial charge in [0.1, 0.15) is 11.2 Å². The molecule has 1 fully saturated rings. The summed E-state index contributed by atoms with van der Waals surface area (Å²) in [4.78, 5) is 18.5. The Morgan fingerprint density at radius 2 is 2.21 bits per heavy atom. The molecule has 0 saturated carbocycles. The monoisotopic (exact) mass is 348 g/mol. The number of carbonyl (C=O) groups is 1. The lowest BCUT2D eigenvalue weighted by atomic mass is 9.74. The standard InChI is InChI=1S/C18H21ClN2O3/c1-2-8-18(17(23)24)11-21(9-7-15(18)22)16-6-3-12-10-13(19)4-5-14(12)20-16/h3-6,10,15,22H,2,7-9,11H2,1H3,(H,23,24)/t15-,18-/m0/s1. The van der Waals surface area contributed by atoms with Crippen molar-refractivity contribution in [3.05, 3.63) is 35.4 Å². The summed E-state index contributed by atoms with van der Waals surface area (Å²) in [7, 11) is 0. The second-order valence-electron chi connectivity index (χ2n) is 6.44. The molecule has 0 unspecified atom stereocenters. The fraction of sp³-hybridized carbons (Fsp3) is 0.444. The number of carboxylic acids is 1. The van der Waals surface area contributed by atoms with Crippen molar-refractivity contribution in [3.8, 4) is 0 Å². The number of pyridine rings is 1. The number of piperidine rings is 1. The van der Waals surface area contributed by atoms with Gasteiger partial charge in [-0.25, -0.2) is 4.98 Å². The van der Waals surface area contributed by atoms with Crippen molar-refractivity contribution in [3.63, 3.8) is 0 Å². The van der Waals surface area contributed by atoms with Crippen LogP contribution in [-0.4, -0.2) is 40.4 Å². The Morgan fingerprint density at radius 3 is 2.92 bits per heavy atom. The van der Waals surface area contributed by atoms with E-state index < -0.39 is 17.5 Å². The minimum absolute atomic E-state index is 0.267. The predicted octanol–water partition coefficient (Wildman–Crippen LogP) is 3.33. The highest BCUT2D eigenvalue weighted by molar-refractivity contribution is 6.31. The summed E-state index contributed by atoms with van der Waals surface area (Å²) in [5.74, 6) is -0.201. The molecule has 3 rings (SSSR count). The first-order chi connectivity index (χ1) is 11.5. The smallest absolute Gasteiger partial charge is 0.314 e. The maximum atomic E-state index is 11.9. The molecule has 0 aliphatic carbocycles. The van der Waals surface area contributed by atoms with E-state index in [1.807, 2.05) is 36.1 Å². The molecular weight excluding hydrogens is 328 g/mol. The molecule has 128 valence electrons. The van der Waals surface area contributed by atoms with E-state index >= 15 is 0 Å². The lowest BCUT2D eigenvalue weighted by Crippen LogP contribution is -2.56. The molecule has 1 aromatic carbocycles. The molecular formula is C18H21ClN2O3. The Morgan fingerprint density at radius 1 is 1.42 bits per heavy atom. The SMILES string of the molecule is CCC[C@]1(C(=O)O)CN(c2ccc3cc(Cl)ccc3n2)CC[C@@H]1O. The molecule has 0 radical (unpaired) electrons. The number of carboxylic acid groups (broad SMARTS) is 1. The van der Waals surface area contributed by atoms with Crippen molar-refractivity contribution in [2.45, 2.75) is 32.3 Å².